The third kappa shape index (κ3) is 9.17. The second kappa shape index (κ2) is 14.5. The van der Waals surface area contributed by atoms with Crippen LogP contribution in [0.3, 0.4) is 0 Å². The highest BCUT2D eigenvalue weighted by molar-refractivity contribution is 7.92. The van der Waals surface area contributed by atoms with Gasteiger partial charge in [0, 0.05) is 41.7 Å². The third-order valence-corrected chi connectivity index (χ3v) is 8.05. The van der Waals surface area contributed by atoms with Crippen LogP contribution in [-0.2, 0) is 32.6 Å². The van der Waals surface area contributed by atoms with Crippen molar-refractivity contribution < 1.29 is 22.9 Å². The molecule has 0 unspecified atom stereocenters. The molecule has 224 valence electrons. The summed E-state index contributed by atoms with van der Waals surface area (Å²) in [5.41, 5.74) is 0.869. The zero-order chi connectivity index (χ0) is 31.0. The van der Waals surface area contributed by atoms with E-state index in [4.69, 9.17) is 23.2 Å². The van der Waals surface area contributed by atoms with Crippen LogP contribution in [0.2, 0.25) is 10.0 Å². The maximum atomic E-state index is 14.1. The lowest BCUT2D eigenvalue weighted by atomic mass is 10.0. The topological polar surface area (TPSA) is 130 Å². The number of anilines is 1. The largest absolute Gasteiger partial charge is 0.354 e. The van der Waals surface area contributed by atoms with Crippen LogP contribution in [0.25, 0.3) is 0 Å². The normalized spacial score (nSPS) is 12.0. The number of sulfonamides is 1. The molecule has 0 aliphatic heterocycles. The lowest BCUT2D eigenvalue weighted by Gasteiger charge is -2.33. The first-order valence-corrected chi connectivity index (χ1v) is 15.6. The number of carbonyl (C=O) groups is 2. The number of hydrogen-bond donors (Lipinski definition) is 1. The Labute approximate surface area is 255 Å². The van der Waals surface area contributed by atoms with Gasteiger partial charge in [-0.05, 0) is 35.2 Å². The molecule has 3 aromatic rings. The van der Waals surface area contributed by atoms with E-state index < -0.39 is 39.3 Å². The van der Waals surface area contributed by atoms with Crippen molar-refractivity contribution >= 4 is 56.4 Å². The second-order valence-corrected chi connectivity index (χ2v) is 12.9. The molecule has 0 saturated carbocycles. The fourth-order valence-corrected chi connectivity index (χ4v) is 5.50. The van der Waals surface area contributed by atoms with Crippen molar-refractivity contribution in [3.63, 3.8) is 0 Å². The fraction of sp³-hybridized carbons (Fsp3) is 0.310. The maximum absolute atomic E-state index is 14.1. The highest BCUT2D eigenvalue weighted by Gasteiger charge is 2.33. The summed E-state index contributed by atoms with van der Waals surface area (Å²) in [7, 11) is -4.08. The first-order chi connectivity index (χ1) is 19.8. The number of benzene rings is 3. The van der Waals surface area contributed by atoms with E-state index in [1.165, 1.54) is 29.2 Å². The van der Waals surface area contributed by atoms with Crippen molar-refractivity contribution in [1.29, 1.82) is 0 Å². The minimum atomic E-state index is -4.08. The number of amides is 2. The first kappa shape index (κ1) is 32.8. The maximum Gasteiger partial charge on any atom is 0.271 e. The molecule has 0 heterocycles. The van der Waals surface area contributed by atoms with E-state index in [0.29, 0.717) is 17.1 Å². The van der Waals surface area contributed by atoms with Gasteiger partial charge >= 0.3 is 0 Å². The molecule has 13 heteroatoms. The fourth-order valence-electron chi connectivity index (χ4n) is 4.19. The van der Waals surface area contributed by atoms with Crippen LogP contribution >= 0.6 is 23.2 Å². The number of non-ortho nitro benzene ring substituents is 1. The van der Waals surface area contributed by atoms with Gasteiger partial charge in [-0.1, -0.05) is 79.5 Å². The summed E-state index contributed by atoms with van der Waals surface area (Å²) in [6, 6.07) is 17.8. The average molecular weight is 636 g/mol. The van der Waals surface area contributed by atoms with E-state index in [1.54, 1.807) is 12.1 Å². The molecule has 10 nitrogen and oxygen atoms in total. The Balaban J connectivity index is 2.09. The zero-order valence-electron chi connectivity index (χ0n) is 23.4. The van der Waals surface area contributed by atoms with E-state index in [0.717, 1.165) is 22.2 Å². The molecule has 42 heavy (non-hydrogen) atoms. The Bertz CT molecular complexity index is 1540. The summed E-state index contributed by atoms with van der Waals surface area (Å²) >= 11 is 12.5. The average Bonchev–Trinajstić information content (AvgIpc) is 2.93. The highest BCUT2D eigenvalue weighted by Crippen LogP contribution is 2.26. The van der Waals surface area contributed by atoms with Crippen molar-refractivity contribution in [3.8, 4) is 0 Å². The van der Waals surface area contributed by atoms with Crippen molar-refractivity contribution in [2.45, 2.75) is 32.9 Å². The van der Waals surface area contributed by atoms with Crippen LogP contribution in [0.5, 0.6) is 0 Å². The number of nitro groups is 1. The molecule has 0 aliphatic rings. The van der Waals surface area contributed by atoms with Crippen LogP contribution in [0, 0.1) is 16.0 Å². The number of carbonyl (C=O) groups excluding carboxylic acids is 2. The predicted octanol–water partition coefficient (Wildman–Crippen LogP) is 5.08. The number of nitrogens with one attached hydrogen (secondary N) is 1. The monoisotopic (exact) mass is 634 g/mol. The molecular weight excluding hydrogens is 603 g/mol. The molecular formula is C29H32Cl2N4O6S. The SMILES string of the molecule is CC(C)CNC(=O)[C@@H](Cc1ccccc1)N(Cc1ccc(Cl)cc1Cl)C(=O)CN(c1cccc([N+](=O)[O-])c1)S(C)(=O)=O. The van der Waals surface area contributed by atoms with Gasteiger partial charge in [0.05, 0.1) is 16.9 Å². The molecule has 1 atom stereocenters. The van der Waals surface area contributed by atoms with Gasteiger partial charge in [0.15, 0.2) is 0 Å². The molecule has 0 radical (unpaired) electrons. The Hall–Kier alpha value is -3.67. The summed E-state index contributed by atoms with van der Waals surface area (Å²) in [5, 5.41) is 14.9. The van der Waals surface area contributed by atoms with E-state index >= 15 is 0 Å². The van der Waals surface area contributed by atoms with Crippen molar-refractivity contribution in [2.24, 2.45) is 5.92 Å². The summed E-state index contributed by atoms with van der Waals surface area (Å²) in [6.07, 6.45) is 1.04. The minimum Gasteiger partial charge on any atom is -0.354 e. The summed E-state index contributed by atoms with van der Waals surface area (Å²) in [4.78, 5) is 39.7. The van der Waals surface area contributed by atoms with Gasteiger partial charge in [-0.25, -0.2) is 8.42 Å². The molecule has 0 saturated heterocycles. The van der Waals surface area contributed by atoms with Crippen LogP contribution in [0.1, 0.15) is 25.0 Å². The number of nitro benzene ring substituents is 1. The van der Waals surface area contributed by atoms with E-state index in [2.05, 4.69) is 5.32 Å². The van der Waals surface area contributed by atoms with E-state index in [1.807, 2.05) is 44.2 Å². The third-order valence-electron chi connectivity index (χ3n) is 6.32. The second-order valence-electron chi connectivity index (χ2n) is 10.1. The lowest BCUT2D eigenvalue weighted by Crippen LogP contribution is -2.53. The zero-order valence-corrected chi connectivity index (χ0v) is 25.7. The van der Waals surface area contributed by atoms with Gasteiger partial charge in [0.2, 0.25) is 21.8 Å². The van der Waals surface area contributed by atoms with Crippen molar-refractivity contribution in [1.82, 2.24) is 10.2 Å². The molecule has 0 spiro atoms. The molecule has 3 aromatic carbocycles. The highest BCUT2D eigenvalue weighted by atomic mass is 35.5. The quantitative estimate of drug-likeness (QED) is 0.206. The number of nitrogens with zero attached hydrogens (tertiary/aromatic N) is 3. The molecule has 3 rings (SSSR count). The van der Waals surface area contributed by atoms with Gasteiger partial charge in [0.1, 0.15) is 12.6 Å². The summed E-state index contributed by atoms with van der Waals surface area (Å²) < 4.78 is 26.5. The standard InChI is InChI=1S/C29H32Cl2N4O6S/c1-20(2)17-32-29(37)27(14-21-8-5-4-6-9-21)33(18-22-12-13-23(30)15-26(22)31)28(36)19-34(42(3,40)41)24-10-7-11-25(16-24)35(38)39/h4-13,15-16,20,27H,14,17-19H2,1-3H3,(H,32,37)/t27-/m1/s1. The van der Waals surface area contributed by atoms with Crippen molar-refractivity contribution in [3.05, 3.63) is 104 Å². The summed E-state index contributed by atoms with van der Waals surface area (Å²) in [6.45, 7) is 3.39. The molecule has 0 aliphatic carbocycles. The predicted molar refractivity (Wildman–Crippen MR) is 164 cm³/mol. The van der Waals surface area contributed by atoms with Crippen LogP contribution in [0.15, 0.2) is 72.8 Å². The number of halogens is 2. The molecule has 0 bridgehead atoms. The lowest BCUT2D eigenvalue weighted by molar-refractivity contribution is -0.384. The Kier molecular flexibility index (Phi) is 11.3. The van der Waals surface area contributed by atoms with Gasteiger partial charge in [-0.2, -0.15) is 0 Å². The van der Waals surface area contributed by atoms with Crippen LogP contribution in [0.4, 0.5) is 11.4 Å². The van der Waals surface area contributed by atoms with Gasteiger partial charge in [-0.3, -0.25) is 24.0 Å². The Morgan fingerprint density at radius 3 is 2.29 bits per heavy atom. The molecule has 2 amide bonds. The Morgan fingerprint density at radius 1 is 1.00 bits per heavy atom. The summed E-state index contributed by atoms with van der Waals surface area (Å²) in [5.74, 6) is -0.999. The van der Waals surface area contributed by atoms with Crippen LogP contribution in [-0.4, -0.2) is 55.4 Å². The van der Waals surface area contributed by atoms with Gasteiger partial charge in [0.25, 0.3) is 5.69 Å². The number of rotatable bonds is 13. The first-order valence-electron chi connectivity index (χ1n) is 13.0. The van der Waals surface area contributed by atoms with E-state index in [-0.39, 0.29) is 35.3 Å². The van der Waals surface area contributed by atoms with Crippen LogP contribution < -0.4 is 9.62 Å². The van der Waals surface area contributed by atoms with Crippen molar-refractivity contribution in [2.75, 3.05) is 23.7 Å². The van der Waals surface area contributed by atoms with E-state index in [9.17, 15) is 28.1 Å². The Morgan fingerprint density at radius 2 is 1.69 bits per heavy atom. The van der Waals surface area contributed by atoms with Gasteiger partial charge < -0.3 is 10.2 Å². The number of hydrogen-bond acceptors (Lipinski definition) is 6. The molecule has 0 fully saturated rings. The minimum absolute atomic E-state index is 0.0617. The molecule has 0 aromatic heterocycles. The van der Waals surface area contributed by atoms with Gasteiger partial charge in [-0.15, -0.1) is 0 Å². The smallest absolute Gasteiger partial charge is 0.271 e. The molecule has 1 N–H and O–H groups in total.